The number of hydrogen-bond acceptors (Lipinski definition) is 4. The summed E-state index contributed by atoms with van der Waals surface area (Å²) in [6.45, 7) is 3.84. The zero-order valence-corrected chi connectivity index (χ0v) is 11.2. The number of aromatic nitrogens is 4. The van der Waals surface area contributed by atoms with Gasteiger partial charge in [0, 0.05) is 17.5 Å². The molecule has 0 aliphatic rings. The molecule has 6 nitrogen and oxygen atoms in total. The minimum Gasteiger partial charge on any atom is -0.364 e. The van der Waals surface area contributed by atoms with Gasteiger partial charge in [-0.2, -0.15) is 5.10 Å². The molecule has 3 aromatic heterocycles. The molecule has 0 atom stereocenters. The van der Waals surface area contributed by atoms with Gasteiger partial charge < -0.3 is 5.73 Å². The Morgan fingerprint density at radius 2 is 2.00 bits per heavy atom. The quantitative estimate of drug-likeness (QED) is 0.762. The van der Waals surface area contributed by atoms with Crippen LogP contribution < -0.4 is 5.73 Å². The van der Waals surface area contributed by atoms with Crippen LogP contribution in [0.15, 0.2) is 30.6 Å². The Labute approximate surface area is 115 Å². The summed E-state index contributed by atoms with van der Waals surface area (Å²) in [5.74, 6) is -0.552. The van der Waals surface area contributed by atoms with Gasteiger partial charge in [-0.3, -0.25) is 9.78 Å². The van der Waals surface area contributed by atoms with E-state index in [1.54, 1.807) is 6.20 Å². The van der Waals surface area contributed by atoms with Crippen LogP contribution in [0.25, 0.3) is 16.9 Å². The summed E-state index contributed by atoms with van der Waals surface area (Å²) in [5, 5.41) is 4.43. The number of pyridine rings is 1. The van der Waals surface area contributed by atoms with Gasteiger partial charge in [-0.05, 0) is 37.6 Å². The molecule has 3 rings (SSSR count). The maximum Gasteiger partial charge on any atom is 0.269 e. The topological polar surface area (TPSA) is 86.2 Å². The molecule has 0 aliphatic heterocycles. The van der Waals surface area contributed by atoms with E-state index in [1.165, 1.54) is 10.7 Å². The van der Waals surface area contributed by atoms with Crippen molar-refractivity contribution in [3.63, 3.8) is 0 Å². The maximum atomic E-state index is 11.4. The first-order valence-corrected chi connectivity index (χ1v) is 6.14. The molecule has 0 spiro atoms. The van der Waals surface area contributed by atoms with Gasteiger partial charge in [0.2, 0.25) is 0 Å². The Balaban J connectivity index is 2.24. The van der Waals surface area contributed by atoms with Crippen molar-refractivity contribution in [2.45, 2.75) is 13.8 Å². The lowest BCUT2D eigenvalue weighted by molar-refractivity contribution is 0.0993. The summed E-state index contributed by atoms with van der Waals surface area (Å²) in [6, 6.07) is 5.77. The second-order valence-corrected chi connectivity index (χ2v) is 4.64. The predicted molar refractivity (Wildman–Crippen MR) is 74.2 cm³/mol. The van der Waals surface area contributed by atoms with E-state index in [9.17, 15) is 4.79 Å². The summed E-state index contributed by atoms with van der Waals surface area (Å²) in [6.07, 6.45) is 3.19. The lowest BCUT2D eigenvalue weighted by Gasteiger charge is -2.05. The third-order valence-corrected chi connectivity index (χ3v) is 3.11. The highest BCUT2D eigenvalue weighted by Crippen LogP contribution is 2.20. The van der Waals surface area contributed by atoms with Crippen LogP contribution in [0.1, 0.15) is 21.7 Å². The lowest BCUT2D eigenvalue weighted by atomic mass is 10.1. The number of imidazole rings is 1. The summed E-state index contributed by atoms with van der Waals surface area (Å²) in [5.41, 5.74) is 9.69. The number of carbonyl (C=O) groups is 1. The first kappa shape index (κ1) is 12.3. The molecule has 0 aliphatic carbocycles. The van der Waals surface area contributed by atoms with Crippen molar-refractivity contribution in [2.24, 2.45) is 5.73 Å². The molecule has 0 aromatic carbocycles. The number of primary amides is 1. The number of nitrogens with zero attached hydrogens (tertiary/aromatic N) is 4. The van der Waals surface area contributed by atoms with Crippen molar-refractivity contribution >= 4 is 11.6 Å². The zero-order valence-electron chi connectivity index (χ0n) is 11.2. The molecular formula is C14H13N5O. The number of carbonyl (C=O) groups excluding carboxylic acids is 1. The Kier molecular flexibility index (Phi) is 2.71. The Morgan fingerprint density at radius 3 is 2.65 bits per heavy atom. The van der Waals surface area contributed by atoms with Crippen LogP contribution in [-0.2, 0) is 0 Å². The summed E-state index contributed by atoms with van der Waals surface area (Å²) in [7, 11) is 0. The van der Waals surface area contributed by atoms with Gasteiger partial charge >= 0.3 is 0 Å². The van der Waals surface area contributed by atoms with Crippen molar-refractivity contribution < 1.29 is 4.79 Å². The van der Waals surface area contributed by atoms with E-state index in [4.69, 9.17) is 5.73 Å². The van der Waals surface area contributed by atoms with Crippen LogP contribution in [0.2, 0.25) is 0 Å². The van der Waals surface area contributed by atoms with E-state index in [1.807, 2.05) is 32.0 Å². The number of rotatable bonds is 2. The van der Waals surface area contributed by atoms with E-state index in [0.717, 1.165) is 22.5 Å². The molecule has 0 saturated heterocycles. The maximum absolute atomic E-state index is 11.4. The summed E-state index contributed by atoms with van der Waals surface area (Å²) < 4.78 is 1.48. The van der Waals surface area contributed by atoms with Crippen LogP contribution >= 0.6 is 0 Å². The van der Waals surface area contributed by atoms with Crippen molar-refractivity contribution in [2.75, 3.05) is 0 Å². The first-order valence-electron chi connectivity index (χ1n) is 6.14. The van der Waals surface area contributed by atoms with Crippen LogP contribution in [-0.4, -0.2) is 25.5 Å². The lowest BCUT2D eigenvalue weighted by Crippen LogP contribution is -2.15. The second-order valence-electron chi connectivity index (χ2n) is 4.64. The molecule has 0 saturated carbocycles. The predicted octanol–water partition coefficient (Wildman–Crippen LogP) is 1.51. The van der Waals surface area contributed by atoms with Crippen molar-refractivity contribution in [3.05, 3.63) is 47.5 Å². The smallest absolute Gasteiger partial charge is 0.269 e. The largest absolute Gasteiger partial charge is 0.364 e. The highest BCUT2D eigenvalue weighted by atomic mass is 16.1. The van der Waals surface area contributed by atoms with Gasteiger partial charge in [0.25, 0.3) is 5.91 Å². The van der Waals surface area contributed by atoms with Gasteiger partial charge in [-0.15, -0.1) is 0 Å². The highest BCUT2D eigenvalue weighted by molar-refractivity contribution is 5.91. The van der Waals surface area contributed by atoms with Crippen LogP contribution in [0.4, 0.5) is 0 Å². The van der Waals surface area contributed by atoms with Gasteiger partial charge in [0.15, 0.2) is 5.65 Å². The number of hydrogen-bond donors (Lipinski definition) is 1. The third kappa shape index (κ3) is 1.91. The molecule has 1 amide bonds. The van der Waals surface area contributed by atoms with Crippen LogP contribution in [0, 0.1) is 13.8 Å². The molecule has 6 heteroatoms. The Morgan fingerprint density at radius 1 is 1.20 bits per heavy atom. The standard InChI is InChI=1S/C14H13N5O/c1-8-5-11(10-4-3-9(2)16-6-10)18-19-12(13(15)20)7-17-14(8)19/h3-7H,1-2H3,(H2,15,20). The summed E-state index contributed by atoms with van der Waals surface area (Å²) in [4.78, 5) is 19.8. The van der Waals surface area contributed by atoms with Crippen molar-refractivity contribution in [1.82, 2.24) is 19.6 Å². The fourth-order valence-electron chi connectivity index (χ4n) is 2.05. The molecule has 3 heterocycles. The third-order valence-electron chi connectivity index (χ3n) is 3.11. The average molecular weight is 267 g/mol. The first-order chi connectivity index (χ1) is 9.56. The normalized spacial score (nSPS) is 10.9. The Bertz CT molecular complexity index is 804. The molecule has 0 radical (unpaired) electrons. The monoisotopic (exact) mass is 267 g/mol. The van der Waals surface area contributed by atoms with Crippen molar-refractivity contribution in [1.29, 1.82) is 0 Å². The highest BCUT2D eigenvalue weighted by Gasteiger charge is 2.13. The Hall–Kier alpha value is -2.76. The van der Waals surface area contributed by atoms with Gasteiger partial charge in [0.05, 0.1) is 11.9 Å². The zero-order chi connectivity index (χ0) is 14.3. The van der Waals surface area contributed by atoms with Gasteiger partial charge in [-0.25, -0.2) is 9.50 Å². The minimum absolute atomic E-state index is 0.269. The van der Waals surface area contributed by atoms with Gasteiger partial charge in [-0.1, -0.05) is 0 Å². The van der Waals surface area contributed by atoms with E-state index < -0.39 is 5.91 Å². The van der Waals surface area contributed by atoms with Crippen LogP contribution in [0.5, 0.6) is 0 Å². The number of amides is 1. The van der Waals surface area contributed by atoms with Gasteiger partial charge in [0.1, 0.15) is 5.69 Å². The van der Waals surface area contributed by atoms with E-state index >= 15 is 0 Å². The van der Waals surface area contributed by atoms with Crippen molar-refractivity contribution in [3.8, 4) is 11.3 Å². The average Bonchev–Trinajstić information content (AvgIpc) is 2.84. The molecule has 20 heavy (non-hydrogen) atoms. The molecular weight excluding hydrogens is 254 g/mol. The fraction of sp³-hybridized carbons (Fsp3) is 0.143. The second kappa shape index (κ2) is 4.41. The van der Waals surface area contributed by atoms with Crippen LogP contribution in [0.3, 0.4) is 0 Å². The van der Waals surface area contributed by atoms with E-state index in [0.29, 0.717) is 5.65 Å². The molecule has 0 bridgehead atoms. The fourth-order valence-corrected chi connectivity index (χ4v) is 2.05. The number of fused-ring (bicyclic) bond motifs is 1. The SMILES string of the molecule is Cc1ccc(-c2cc(C)c3ncc(C(N)=O)n3n2)cn1. The molecule has 0 fully saturated rings. The molecule has 2 N–H and O–H groups in total. The molecule has 100 valence electrons. The molecule has 0 unspecified atom stereocenters. The number of nitrogens with two attached hydrogens (primary N) is 1. The number of aryl methyl sites for hydroxylation is 2. The summed E-state index contributed by atoms with van der Waals surface area (Å²) >= 11 is 0. The van der Waals surface area contributed by atoms with E-state index in [2.05, 4.69) is 15.1 Å². The van der Waals surface area contributed by atoms with E-state index in [-0.39, 0.29) is 5.69 Å². The minimum atomic E-state index is -0.552. The molecule has 3 aromatic rings.